The van der Waals surface area contributed by atoms with Crippen molar-refractivity contribution in [2.75, 3.05) is 39.3 Å². The Labute approximate surface area is 180 Å². The highest BCUT2D eigenvalue weighted by Crippen LogP contribution is 2.05. The minimum atomic E-state index is -0.0747. The first-order chi connectivity index (χ1) is 13.7. The molecule has 0 fully saturated rings. The molecule has 5 heteroatoms. The van der Waals surface area contributed by atoms with Crippen molar-refractivity contribution >= 4 is 17.4 Å². The zero-order valence-corrected chi connectivity index (χ0v) is 20.3. The van der Waals surface area contributed by atoms with Crippen molar-refractivity contribution in [1.29, 1.82) is 0 Å². The molecule has 0 amide bonds. The van der Waals surface area contributed by atoms with E-state index in [4.69, 9.17) is 14.7 Å². The molecule has 0 saturated carbocycles. The smallest absolute Gasteiger partial charge is 0.305 e. The Bertz CT molecular complexity index is 455. The molecule has 0 radical (unpaired) electrons. The maximum Gasteiger partial charge on any atom is 0.305 e. The van der Waals surface area contributed by atoms with E-state index in [0.29, 0.717) is 24.9 Å². The summed E-state index contributed by atoms with van der Waals surface area (Å²) < 4.78 is 5.00. The molecule has 0 rings (SSSR count). The molecule has 0 aromatic heterocycles. The Balaban J connectivity index is 4.41. The van der Waals surface area contributed by atoms with Crippen molar-refractivity contribution in [3.63, 3.8) is 0 Å². The highest BCUT2D eigenvalue weighted by atomic mass is 16.5. The molecule has 0 saturated heterocycles. The summed E-state index contributed by atoms with van der Waals surface area (Å²) in [6, 6.07) is 0. The standard InChI is InChI=1S/C24H47N3O2/c1-8-29-24(28)12-10-9-11-15-27(16-13-25-22(6)18-20(2)3)17-14-26-23(7)19-21(4)5/h20-21H,8-19H2,1-7H3/b25-22+,26-23+. The highest BCUT2D eigenvalue weighted by molar-refractivity contribution is 5.82. The SMILES string of the molecule is CCOC(=O)CCCCCN(CC/N=C(\C)CC(C)C)CC/N=C(\C)CC(C)C. The topological polar surface area (TPSA) is 54.3 Å². The van der Waals surface area contributed by atoms with Gasteiger partial charge in [0.25, 0.3) is 0 Å². The predicted molar refractivity (Wildman–Crippen MR) is 126 cm³/mol. The number of hydrogen-bond donors (Lipinski definition) is 0. The quantitative estimate of drug-likeness (QED) is 0.183. The van der Waals surface area contributed by atoms with Gasteiger partial charge in [-0.05, 0) is 64.8 Å². The van der Waals surface area contributed by atoms with Gasteiger partial charge in [0, 0.05) is 30.9 Å². The zero-order valence-electron chi connectivity index (χ0n) is 20.3. The molecule has 0 heterocycles. The molecule has 0 spiro atoms. The summed E-state index contributed by atoms with van der Waals surface area (Å²) in [5.74, 6) is 1.24. The van der Waals surface area contributed by atoms with Gasteiger partial charge in [0.1, 0.15) is 0 Å². The van der Waals surface area contributed by atoms with E-state index in [2.05, 4.69) is 46.4 Å². The van der Waals surface area contributed by atoms with Gasteiger partial charge in [-0.25, -0.2) is 0 Å². The lowest BCUT2D eigenvalue weighted by atomic mass is 10.1. The average Bonchev–Trinajstić information content (AvgIpc) is 2.59. The van der Waals surface area contributed by atoms with E-state index in [1.54, 1.807) is 0 Å². The lowest BCUT2D eigenvalue weighted by Gasteiger charge is -2.21. The summed E-state index contributed by atoms with van der Waals surface area (Å²) in [6.07, 6.45) is 5.75. The van der Waals surface area contributed by atoms with E-state index in [1.807, 2.05) is 6.92 Å². The maximum absolute atomic E-state index is 11.4. The fourth-order valence-corrected chi connectivity index (χ4v) is 3.43. The minimum absolute atomic E-state index is 0.0747. The van der Waals surface area contributed by atoms with Crippen molar-refractivity contribution in [2.24, 2.45) is 21.8 Å². The number of ether oxygens (including phenoxy) is 1. The summed E-state index contributed by atoms with van der Waals surface area (Å²) in [7, 11) is 0. The van der Waals surface area contributed by atoms with E-state index < -0.39 is 0 Å². The summed E-state index contributed by atoms with van der Waals surface area (Å²) >= 11 is 0. The van der Waals surface area contributed by atoms with Crippen LogP contribution in [0.15, 0.2) is 9.98 Å². The normalized spacial score (nSPS) is 13.0. The molecule has 0 aromatic rings. The van der Waals surface area contributed by atoms with E-state index in [-0.39, 0.29) is 5.97 Å². The molecule has 0 aliphatic rings. The van der Waals surface area contributed by atoms with Gasteiger partial charge in [-0.2, -0.15) is 0 Å². The van der Waals surface area contributed by atoms with Crippen LogP contribution < -0.4 is 0 Å². The fourth-order valence-electron chi connectivity index (χ4n) is 3.43. The van der Waals surface area contributed by atoms with Gasteiger partial charge in [-0.1, -0.05) is 34.1 Å². The number of unbranched alkanes of at least 4 members (excludes halogenated alkanes) is 2. The summed E-state index contributed by atoms with van der Waals surface area (Å²) in [5.41, 5.74) is 2.50. The molecule has 0 aliphatic carbocycles. The highest BCUT2D eigenvalue weighted by Gasteiger charge is 2.06. The predicted octanol–water partition coefficient (Wildman–Crippen LogP) is 5.43. The van der Waals surface area contributed by atoms with Crippen molar-refractivity contribution in [2.45, 2.75) is 87.0 Å². The largest absolute Gasteiger partial charge is 0.466 e. The third-order valence-corrected chi connectivity index (χ3v) is 4.66. The van der Waals surface area contributed by atoms with Crippen LogP contribution in [0, 0.1) is 11.8 Å². The third kappa shape index (κ3) is 18.5. The zero-order chi connectivity index (χ0) is 22.1. The lowest BCUT2D eigenvalue weighted by molar-refractivity contribution is -0.143. The van der Waals surface area contributed by atoms with E-state index in [9.17, 15) is 4.79 Å². The van der Waals surface area contributed by atoms with Crippen molar-refractivity contribution < 1.29 is 9.53 Å². The number of nitrogens with zero attached hydrogens (tertiary/aromatic N) is 3. The van der Waals surface area contributed by atoms with Gasteiger partial charge < -0.3 is 4.74 Å². The Morgan fingerprint density at radius 1 is 0.828 bits per heavy atom. The van der Waals surface area contributed by atoms with Crippen molar-refractivity contribution in [1.82, 2.24) is 4.90 Å². The van der Waals surface area contributed by atoms with Crippen LogP contribution in [-0.2, 0) is 9.53 Å². The molecule has 0 bridgehead atoms. The molecular formula is C24H47N3O2. The van der Waals surface area contributed by atoms with Gasteiger partial charge in [0.15, 0.2) is 0 Å². The minimum Gasteiger partial charge on any atom is -0.466 e. The van der Waals surface area contributed by atoms with Crippen molar-refractivity contribution in [3.8, 4) is 0 Å². The Hall–Kier alpha value is -1.23. The van der Waals surface area contributed by atoms with Crippen LogP contribution in [0.1, 0.15) is 87.0 Å². The fraction of sp³-hybridized carbons (Fsp3) is 0.875. The molecule has 0 aliphatic heterocycles. The van der Waals surface area contributed by atoms with Crippen LogP contribution >= 0.6 is 0 Å². The van der Waals surface area contributed by atoms with Crippen LogP contribution in [0.5, 0.6) is 0 Å². The first-order valence-corrected chi connectivity index (χ1v) is 11.6. The average molecular weight is 410 g/mol. The van der Waals surface area contributed by atoms with E-state index in [1.165, 1.54) is 11.4 Å². The Morgan fingerprint density at radius 3 is 1.79 bits per heavy atom. The number of aliphatic imine (C=N–C) groups is 2. The summed E-state index contributed by atoms with van der Waals surface area (Å²) in [4.78, 5) is 23.4. The molecule has 0 N–H and O–H groups in total. The Kier molecular flexibility index (Phi) is 16.9. The molecule has 170 valence electrons. The second-order valence-corrected chi connectivity index (χ2v) is 8.89. The number of esters is 1. The second-order valence-electron chi connectivity index (χ2n) is 8.89. The monoisotopic (exact) mass is 409 g/mol. The van der Waals surface area contributed by atoms with Crippen LogP contribution in [0.3, 0.4) is 0 Å². The van der Waals surface area contributed by atoms with Crippen LogP contribution in [0.2, 0.25) is 0 Å². The number of carbonyl (C=O) groups excluding carboxylic acids is 1. The van der Waals surface area contributed by atoms with Crippen LogP contribution in [0.25, 0.3) is 0 Å². The van der Waals surface area contributed by atoms with Gasteiger partial charge in [0.05, 0.1) is 19.7 Å². The number of carbonyl (C=O) groups is 1. The van der Waals surface area contributed by atoms with E-state index in [0.717, 1.165) is 64.8 Å². The molecule has 0 atom stereocenters. The molecule has 5 nitrogen and oxygen atoms in total. The van der Waals surface area contributed by atoms with Crippen molar-refractivity contribution in [3.05, 3.63) is 0 Å². The number of rotatable bonds is 17. The maximum atomic E-state index is 11.4. The number of hydrogen-bond acceptors (Lipinski definition) is 5. The Morgan fingerprint density at radius 2 is 1.34 bits per heavy atom. The molecule has 0 unspecified atom stereocenters. The first-order valence-electron chi connectivity index (χ1n) is 11.6. The lowest BCUT2D eigenvalue weighted by Crippen LogP contribution is -2.30. The van der Waals surface area contributed by atoms with Gasteiger partial charge in [0.2, 0.25) is 0 Å². The molecule has 29 heavy (non-hydrogen) atoms. The molecular weight excluding hydrogens is 362 g/mol. The van der Waals surface area contributed by atoms with Crippen LogP contribution in [-0.4, -0.2) is 61.6 Å². The second kappa shape index (κ2) is 17.6. The van der Waals surface area contributed by atoms with Crippen LogP contribution in [0.4, 0.5) is 0 Å². The third-order valence-electron chi connectivity index (χ3n) is 4.66. The summed E-state index contributed by atoms with van der Waals surface area (Å²) in [5, 5.41) is 0. The van der Waals surface area contributed by atoms with Gasteiger partial charge in [-0.3, -0.25) is 19.7 Å². The first kappa shape index (κ1) is 27.8. The van der Waals surface area contributed by atoms with Gasteiger partial charge in [-0.15, -0.1) is 0 Å². The molecule has 0 aromatic carbocycles. The van der Waals surface area contributed by atoms with Gasteiger partial charge >= 0.3 is 5.97 Å². The summed E-state index contributed by atoms with van der Waals surface area (Å²) in [6.45, 7) is 20.3. The van der Waals surface area contributed by atoms with E-state index >= 15 is 0 Å².